The Morgan fingerprint density at radius 3 is 1.82 bits per heavy atom. The number of hydrogen-bond acceptors (Lipinski definition) is 8. The van der Waals surface area contributed by atoms with Crippen LogP contribution in [0.1, 0.15) is 64.2 Å². The van der Waals surface area contributed by atoms with Gasteiger partial charge in [-0.05, 0) is 57.8 Å². The topological polar surface area (TPSA) is 96.4 Å². The number of aromatic nitrogens is 2. The summed E-state index contributed by atoms with van der Waals surface area (Å²) < 4.78 is 0. The van der Waals surface area contributed by atoms with Crippen molar-refractivity contribution in [2.24, 2.45) is 0 Å². The number of likely N-dealkylation sites (tertiary alicyclic amines) is 2. The molecule has 40 heavy (non-hydrogen) atoms. The molecular formula is C29H44N8O3. The Hall–Kier alpha value is -3.11. The summed E-state index contributed by atoms with van der Waals surface area (Å²) >= 11 is 0. The first-order chi connectivity index (χ1) is 19.6. The van der Waals surface area contributed by atoms with Crippen LogP contribution in [0.4, 0.5) is 17.6 Å². The van der Waals surface area contributed by atoms with Crippen LogP contribution in [-0.2, 0) is 14.4 Å². The van der Waals surface area contributed by atoms with E-state index in [4.69, 9.17) is 9.97 Å². The fourth-order valence-electron chi connectivity index (χ4n) is 6.91. The smallest absolute Gasteiger partial charge is 0.245 e. The lowest BCUT2D eigenvalue weighted by atomic mass is 10.1. The van der Waals surface area contributed by atoms with Gasteiger partial charge in [0, 0.05) is 78.1 Å². The van der Waals surface area contributed by atoms with Gasteiger partial charge in [-0.2, -0.15) is 9.97 Å². The van der Waals surface area contributed by atoms with E-state index in [-0.39, 0.29) is 24.1 Å². The van der Waals surface area contributed by atoms with E-state index in [1.54, 1.807) is 4.90 Å². The summed E-state index contributed by atoms with van der Waals surface area (Å²) in [6.45, 7) is 8.74. The van der Waals surface area contributed by atoms with Crippen LogP contribution in [0.15, 0.2) is 6.07 Å². The van der Waals surface area contributed by atoms with Crippen molar-refractivity contribution in [3.05, 3.63) is 6.07 Å². The molecule has 5 saturated heterocycles. The third-order valence-electron chi connectivity index (χ3n) is 9.29. The van der Waals surface area contributed by atoms with Crippen molar-refractivity contribution in [1.82, 2.24) is 24.7 Å². The summed E-state index contributed by atoms with van der Waals surface area (Å²) in [5.74, 6) is 2.52. The summed E-state index contributed by atoms with van der Waals surface area (Å²) in [6, 6.07) is 1.68. The first kappa shape index (κ1) is 27.1. The minimum Gasteiger partial charge on any atom is -0.356 e. The molecule has 0 saturated carbocycles. The van der Waals surface area contributed by atoms with Gasteiger partial charge in [0.15, 0.2) is 0 Å². The zero-order valence-corrected chi connectivity index (χ0v) is 23.8. The second kappa shape index (κ2) is 12.2. The zero-order valence-electron chi connectivity index (χ0n) is 23.8. The Morgan fingerprint density at radius 1 is 0.600 bits per heavy atom. The maximum atomic E-state index is 13.6. The van der Waals surface area contributed by atoms with Crippen LogP contribution in [0.2, 0.25) is 0 Å². The lowest BCUT2D eigenvalue weighted by molar-refractivity contribution is -0.147. The van der Waals surface area contributed by atoms with Crippen LogP contribution in [-0.4, -0.2) is 120 Å². The summed E-state index contributed by atoms with van der Waals surface area (Å²) in [6.07, 6.45) is 9.27. The number of carbonyl (C=O) groups is 3. The number of piperidine rings is 1. The highest BCUT2D eigenvalue weighted by atomic mass is 16.2. The largest absolute Gasteiger partial charge is 0.356 e. The summed E-state index contributed by atoms with van der Waals surface area (Å²) in [4.78, 5) is 61.6. The van der Waals surface area contributed by atoms with Crippen LogP contribution in [0.3, 0.4) is 0 Å². The van der Waals surface area contributed by atoms with Crippen molar-refractivity contribution in [3.8, 4) is 0 Å². The van der Waals surface area contributed by atoms with Crippen molar-refractivity contribution in [3.63, 3.8) is 0 Å². The number of carbonyl (C=O) groups excluding carboxylic acids is 3. The molecule has 6 heterocycles. The van der Waals surface area contributed by atoms with Gasteiger partial charge in [-0.3, -0.25) is 14.4 Å². The first-order valence-corrected chi connectivity index (χ1v) is 15.6. The minimum absolute atomic E-state index is 0.0223. The number of anilines is 3. The Kier molecular flexibility index (Phi) is 8.25. The molecule has 0 N–H and O–H groups in total. The standard InChI is InChI=1S/C29H44N8O3/c38-26(34-12-2-1-3-13-34)22-27(39)37-16-8-9-23(37)28(40)35-19-17-33(18-20-35)25-21-24(32-10-4-5-11-32)30-29(31-25)36-14-6-7-15-36/h21,23H,1-20,22H2. The van der Waals surface area contributed by atoms with Gasteiger partial charge in [0.1, 0.15) is 24.1 Å². The van der Waals surface area contributed by atoms with Crippen LogP contribution < -0.4 is 14.7 Å². The van der Waals surface area contributed by atoms with Crippen LogP contribution in [0.5, 0.6) is 0 Å². The van der Waals surface area contributed by atoms with Gasteiger partial charge in [-0.15, -0.1) is 0 Å². The second-order valence-electron chi connectivity index (χ2n) is 11.9. The number of amides is 3. The SMILES string of the molecule is O=C(CC(=O)N1CCCC1C(=O)N1CCN(c2cc(N3CCCC3)nc(N3CCCC3)n2)CC1)N1CCCCC1. The summed E-state index contributed by atoms with van der Waals surface area (Å²) in [5.41, 5.74) is 0. The van der Waals surface area contributed by atoms with E-state index in [0.717, 1.165) is 82.5 Å². The highest BCUT2D eigenvalue weighted by Gasteiger charge is 2.38. The molecule has 218 valence electrons. The predicted octanol–water partition coefficient (Wildman–Crippen LogP) is 1.72. The summed E-state index contributed by atoms with van der Waals surface area (Å²) in [7, 11) is 0. The normalized spacial score (nSPS) is 23.9. The number of piperazine rings is 1. The Bertz CT molecular complexity index is 1040. The third kappa shape index (κ3) is 5.83. The Balaban J connectivity index is 1.08. The van der Waals surface area contributed by atoms with E-state index in [2.05, 4.69) is 20.8 Å². The molecule has 1 aromatic rings. The fourth-order valence-corrected chi connectivity index (χ4v) is 6.91. The van der Waals surface area contributed by atoms with Gasteiger partial charge in [0.05, 0.1) is 0 Å². The highest BCUT2D eigenvalue weighted by Crippen LogP contribution is 2.28. The van der Waals surface area contributed by atoms with E-state index in [0.29, 0.717) is 39.1 Å². The molecule has 0 radical (unpaired) electrons. The van der Waals surface area contributed by atoms with E-state index in [1.165, 1.54) is 25.7 Å². The average Bonchev–Trinajstić information content (AvgIpc) is 3.80. The molecule has 6 rings (SSSR count). The van der Waals surface area contributed by atoms with E-state index < -0.39 is 6.04 Å². The highest BCUT2D eigenvalue weighted by molar-refractivity contribution is 5.99. The van der Waals surface area contributed by atoms with Crippen molar-refractivity contribution in [2.45, 2.75) is 70.3 Å². The van der Waals surface area contributed by atoms with Gasteiger partial charge in [0.2, 0.25) is 23.7 Å². The van der Waals surface area contributed by atoms with Crippen molar-refractivity contribution >= 4 is 35.3 Å². The van der Waals surface area contributed by atoms with E-state index in [1.807, 2.05) is 9.80 Å². The molecule has 5 aliphatic heterocycles. The minimum atomic E-state index is -0.448. The number of hydrogen-bond donors (Lipinski definition) is 0. The van der Waals surface area contributed by atoms with Crippen LogP contribution in [0.25, 0.3) is 0 Å². The Morgan fingerprint density at radius 2 is 1.18 bits per heavy atom. The molecule has 5 aliphatic rings. The maximum Gasteiger partial charge on any atom is 0.245 e. The van der Waals surface area contributed by atoms with Gasteiger partial charge < -0.3 is 29.4 Å². The molecule has 1 atom stereocenters. The monoisotopic (exact) mass is 552 g/mol. The maximum absolute atomic E-state index is 13.6. The van der Waals surface area contributed by atoms with Gasteiger partial charge in [-0.1, -0.05) is 0 Å². The zero-order chi connectivity index (χ0) is 27.5. The fraction of sp³-hybridized carbons (Fsp3) is 0.759. The Labute approximate surface area is 237 Å². The van der Waals surface area contributed by atoms with Crippen molar-refractivity contribution in [1.29, 1.82) is 0 Å². The molecule has 0 aromatic carbocycles. The second-order valence-corrected chi connectivity index (χ2v) is 11.9. The van der Waals surface area contributed by atoms with E-state index in [9.17, 15) is 14.4 Å². The van der Waals surface area contributed by atoms with Gasteiger partial charge >= 0.3 is 0 Å². The lowest BCUT2D eigenvalue weighted by Gasteiger charge is -2.38. The van der Waals surface area contributed by atoms with E-state index >= 15 is 0 Å². The molecule has 5 fully saturated rings. The predicted molar refractivity (Wildman–Crippen MR) is 154 cm³/mol. The molecule has 0 aliphatic carbocycles. The van der Waals surface area contributed by atoms with Gasteiger partial charge in [0.25, 0.3) is 0 Å². The molecule has 0 bridgehead atoms. The molecule has 1 aromatic heterocycles. The van der Waals surface area contributed by atoms with Crippen LogP contribution >= 0.6 is 0 Å². The molecular weight excluding hydrogens is 508 g/mol. The lowest BCUT2D eigenvalue weighted by Crippen LogP contribution is -2.55. The molecule has 1 unspecified atom stereocenters. The number of nitrogens with zero attached hydrogens (tertiary/aromatic N) is 8. The van der Waals surface area contributed by atoms with Crippen LogP contribution in [0, 0.1) is 0 Å². The summed E-state index contributed by atoms with van der Waals surface area (Å²) in [5, 5.41) is 0. The van der Waals surface area contributed by atoms with Gasteiger partial charge in [-0.25, -0.2) is 0 Å². The average molecular weight is 553 g/mol. The quantitative estimate of drug-likeness (QED) is 0.493. The molecule has 11 nitrogen and oxygen atoms in total. The molecule has 0 spiro atoms. The van der Waals surface area contributed by atoms with Crippen molar-refractivity contribution in [2.75, 3.05) is 86.7 Å². The molecule has 11 heteroatoms. The first-order valence-electron chi connectivity index (χ1n) is 15.6. The third-order valence-corrected chi connectivity index (χ3v) is 9.29. The van der Waals surface area contributed by atoms with Crippen molar-refractivity contribution < 1.29 is 14.4 Å². The number of rotatable bonds is 6. The molecule has 3 amide bonds.